The van der Waals surface area contributed by atoms with Gasteiger partial charge in [0.15, 0.2) is 0 Å². The van der Waals surface area contributed by atoms with Gasteiger partial charge < -0.3 is 10.2 Å². The highest BCUT2D eigenvalue weighted by molar-refractivity contribution is 5.79. The normalized spacial score (nSPS) is 7.67. The van der Waals surface area contributed by atoms with Crippen LogP contribution in [0.15, 0.2) is 25.0 Å². The van der Waals surface area contributed by atoms with Crippen molar-refractivity contribution in [2.24, 2.45) is 0 Å². The summed E-state index contributed by atoms with van der Waals surface area (Å²) in [6, 6.07) is 0. The van der Waals surface area contributed by atoms with E-state index in [1.54, 1.807) is 6.92 Å². The minimum Gasteiger partial charge on any atom is -0.516 e. The summed E-state index contributed by atoms with van der Waals surface area (Å²) >= 11 is 0. The van der Waals surface area contributed by atoms with Gasteiger partial charge in [0.2, 0.25) is 0 Å². The number of hydrogen-bond donors (Lipinski definition) is 2. The lowest BCUT2D eigenvalue weighted by Crippen LogP contribution is -1.83. The molecule has 0 aliphatic rings. The molecular weight excluding hydrogens is 120 g/mol. The Bertz CT molecular complexity index is 105. The van der Waals surface area contributed by atoms with Crippen LogP contribution in [0.25, 0.3) is 0 Å². The van der Waals surface area contributed by atoms with E-state index in [9.17, 15) is 4.79 Å². The number of hydrogen-bond acceptors (Lipinski definition) is 2. The fourth-order valence-corrected chi connectivity index (χ4v) is 0.143. The summed E-state index contributed by atoms with van der Waals surface area (Å²) in [6.07, 6.45) is 3.31. The molecule has 52 valence electrons. The molecule has 0 fully saturated rings. The van der Waals surface area contributed by atoms with Crippen molar-refractivity contribution in [2.45, 2.75) is 6.92 Å². The highest BCUT2D eigenvalue weighted by Crippen LogP contribution is 1.65. The van der Waals surface area contributed by atoms with Gasteiger partial charge in [-0.05, 0) is 6.92 Å². The van der Waals surface area contributed by atoms with Crippen molar-refractivity contribution in [3.8, 4) is 0 Å². The summed E-state index contributed by atoms with van der Waals surface area (Å²) in [5.74, 6) is -0.891. The monoisotopic (exact) mass is 130 g/mol. The van der Waals surface area contributed by atoms with Crippen molar-refractivity contribution in [2.75, 3.05) is 0 Å². The van der Waals surface area contributed by atoms with E-state index in [1.807, 2.05) is 0 Å². The molecule has 0 aliphatic carbocycles. The minimum atomic E-state index is -0.891. The van der Waals surface area contributed by atoms with Crippen molar-refractivity contribution in [1.82, 2.24) is 0 Å². The smallest absolute Gasteiger partial charge is 0.327 e. The summed E-state index contributed by atoms with van der Waals surface area (Å²) in [4.78, 5) is 9.51. The Balaban J connectivity index is 0. The molecule has 0 rings (SSSR count). The van der Waals surface area contributed by atoms with E-state index in [4.69, 9.17) is 10.2 Å². The average Bonchev–Trinajstić information content (AvgIpc) is 1.67. The van der Waals surface area contributed by atoms with Gasteiger partial charge in [-0.15, -0.1) is 0 Å². The molecule has 0 saturated carbocycles. The first-order valence-corrected chi connectivity index (χ1v) is 2.29. The lowest BCUT2D eigenvalue weighted by molar-refractivity contribution is -0.131. The summed E-state index contributed by atoms with van der Waals surface area (Å²) < 4.78 is 0. The predicted octanol–water partition coefficient (Wildman–Crippen LogP) is 1.33. The molecule has 0 aliphatic heterocycles. The second kappa shape index (κ2) is 9.89. The number of aliphatic hydroxyl groups excluding tert-OH is 1. The fourth-order valence-electron chi connectivity index (χ4n) is 0.143. The Kier molecular flexibility index (Phi) is 11.7. The van der Waals surface area contributed by atoms with Gasteiger partial charge in [-0.2, -0.15) is 0 Å². The second-order valence-corrected chi connectivity index (χ2v) is 1.02. The van der Waals surface area contributed by atoms with Crippen LogP contribution in [0.4, 0.5) is 0 Å². The first-order valence-electron chi connectivity index (χ1n) is 2.29. The Morgan fingerprint density at radius 3 is 2.00 bits per heavy atom. The Labute approximate surface area is 53.9 Å². The summed E-state index contributed by atoms with van der Waals surface area (Å²) in [7, 11) is 0. The second-order valence-electron chi connectivity index (χ2n) is 1.02. The molecule has 0 unspecified atom stereocenters. The van der Waals surface area contributed by atoms with Crippen LogP contribution in [0.5, 0.6) is 0 Å². The number of carbonyl (C=O) groups is 1. The lowest BCUT2D eigenvalue weighted by Gasteiger charge is -1.68. The summed E-state index contributed by atoms with van der Waals surface area (Å²) in [5.41, 5.74) is 0. The molecule has 3 nitrogen and oxygen atoms in total. The van der Waals surface area contributed by atoms with Crippen molar-refractivity contribution in [3.05, 3.63) is 25.0 Å². The van der Waals surface area contributed by atoms with Gasteiger partial charge in [0.25, 0.3) is 0 Å². The molecule has 0 aromatic heterocycles. The highest BCUT2D eigenvalue weighted by atomic mass is 16.4. The van der Waals surface area contributed by atoms with Crippen LogP contribution in [0.1, 0.15) is 6.92 Å². The lowest BCUT2D eigenvalue weighted by atomic mass is 10.5. The summed E-state index contributed by atoms with van der Waals surface area (Å²) in [6.45, 7) is 4.58. The molecule has 0 amide bonds. The zero-order valence-electron chi connectivity index (χ0n) is 5.24. The molecule has 0 bridgehead atoms. The third-order valence-electron chi connectivity index (χ3n) is 0.309. The number of carboxylic acids is 1. The number of allylic oxidation sites excluding steroid dienone is 1. The Hall–Kier alpha value is -1.25. The zero-order chi connectivity index (χ0) is 7.70. The minimum absolute atomic E-state index is 0.750. The number of aliphatic carboxylic acids is 1. The predicted molar refractivity (Wildman–Crippen MR) is 35.3 cm³/mol. The van der Waals surface area contributed by atoms with E-state index in [0.717, 1.165) is 12.3 Å². The van der Waals surface area contributed by atoms with Gasteiger partial charge in [-0.1, -0.05) is 12.7 Å². The fraction of sp³-hybridized carbons (Fsp3) is 0.167. The van der Waals surface area contributed by atoms with Gasteiger partial charge in [-0.3, -0.25) is 0 Å². The molecule has 0 spiro atoms. The van der Waals surface area contributed by atoms with Gasteiger partial charge in [0, 0.05) is 6.08 Å². The molecular formula is C6H10O3. The molecule has 0 radical (unpaired) electrons. The van der Waals surface area contributed by atoms with Crippen LogP contribution in [-0.4, -0.2) is 16.2 Å². The molecule has 3 heteroatoms. The van der Waals surface area contributed by atoms with Gasteiger partial charge in [0.1, 0.15) is 0 Å². The third kappa shape index (κ3) is 49.7. The van der Waals surface area contributed by atoms with E-state index in [1.165, 1.54) is 6.08 Å². The number of rotatable bonds is 1. The van der Waals surface area contributed by atoms with Crippen molar-refractivity contribution in [3.63, 3.8) is 0 Å². The first-order chi connectivity index (χ1) is 4.18. The van der Waals surface area contributed by atoms with E-state index in [0.29, 0.717) is 0 Å². The van der Waals surface area contributed by atoms with E-state index in [2.05, 4.69) is 6.58 Å². The van der Waals surface area contributed by atoms with Crippen LogP contribution >= 0.6 is 0 Å². The third-order valence-corrected chi connectivity index (χ3v) is 0.309. The van der Waals surface area contributed by atoms with Crippen LogP contribution in [0, 0.1) is 0 Å². The van der Waals surface area contributed by atoms with Crippen molar-refractivity contribution in [1.29, 1.82) is 0 Å². The van der Waals surface area contributed by atoms with E-state index >= 15 is 0 Å². The molecule has 9 heavy (non-hydrogen) atoms. The maximum Gasteiger partial charge on any atom is 0.327 e. The molecule has 0 heterocycles. The molecule has 0 aromatic carbocycles. The molecule has 0 aromatic rings. The summed E-state index contributed by atoms with van der Waals surface area (Å²) in [5, 5.41) is 15.2. The molecule has 2 N–H and O–H groups in total. The van der Waals surface area contributed by atoms with Crippen molar-refractivity contribution >= 4 is 5.97 Å². The van der Waals surface area contributed by atoms with Crippen LogP contribution in [0.3, 0.4) is 0 Å². The Morgan fingerprint density at radius 1 is 1.67 bits per heavy atom. The largest absolute Gasteiger partial charge is 0.516 e. The van der Waals surface area contributed by atoms with Gasteiger partial charge >= 0.3 is 5.97 Å². The molecule has 0 saturated heterocycles. The standard InChI is InChI=1S/C4H6O2.C2H4O/c1-2-3-4(5)6;1-2-3/h2-3H,1H3,(H,5,6);2-3H,1H2. The SMILES string of the molecule is C=CO.CC=CC(=O)O. The maximum atomic E-state index is 9.51. The quantitative estimate of drug-likeness (QED) is 0.416. The topological polar surface area (TPSA) is 57.5 Å². The molecule has 0 atom stereocenters. The highest BCUT2D eigenvalue weighted by Gasteiger charge is 1.76. The van der Waals surface area contributed by atoms with E-state index in [-0.39, 0.29) is 0 Å². The first kappa shape index (κ1) is 10.7. The zero-order valence-corrected chi connectivity index (χ0v) is 5.24. The van der Waals surface area contributed by atoms with Crippen LogP contribution < -0.4 is 0 Å². The number of aliphatic hydroxyl groups is 1. The van der Waals surface area contributed by atoms with Gasteiger partial charge in [-0.25, -0.2) is 4.79 Å². The van der Waals surface area contributed by atoms with Crippen LogP contribution in [0.2, 0.25) is 0 Å². The number of carboxylic acid groups (broad SMARTS) is 1. The average molecular weight is 130 g/mol. The van der Waals surface area contributed by atoms with E-state index < -0.39 is 5.97 Å². The van der Waals surface area contributed by atoms with Crippen molar-refractivity contribution < 1.29 is 15.0 Å². The van der Waals surface area contributed by atoms with Crippen LogP contribution in [-0.2, 0) is 4.79 Å². The maximum absolute atomic E-state index is 9.51. The van der Waals surface area contributed by atoms with Gasteiger partial charge in [0.05, 0.1) is 6.26 Å². The Morgan fingerprint density at radius 2 is 2.00 bits per heavy atom.